The second-order valence-corrected chi connectivity index (χ2v) is 4.33. The molecule has 4 heteroatoms. The van der Waals surface area contributed by atoms with E-state index in [0.29, 0.717) is 18.4 Å². The van der Waals surface area contributed by atoms with E-state index >= 15 is 0 Å². The van der Waals surface area contributed by atoms with E-state index in [1.54, 1.807) is 0 Å². The molecule has 4 nitrogen and oxygen atoms in total. The number of hydrogen-bond acceptors (Lipinski definition) is 3. The zero-order valence-electron chi connectivity index (χ0n) is 8.64. The Kier molecular flexibility index (Phi) is 2.44. The number of amides is 1. The summed E-state index contributed by atoms with van der Waals surface area (Å²) in [5.41, 5.74) is 1.07. The van der Waals surface area contributed by atoms with Crippen LogP contribution >= 0.6 is 0 Å². The first-order valence-corrected chi connectivity index (χ1v) is 5.15. The van der Waals surface area contributed by atoms with Crippen LogP contribution in [0.3, 0.4) is 0 Å². The normalized spacial score (nSPS) is 31.1. The molecule has 2 heterocycles. The van der Waals surface area contributed by atoms with Crippen molar-refractivity contribution >= 4 is 12.1 Å². The Bertz CT molecular complexity index is 263. The third-order valence-corrected chi connectivity index (χ3v) is 3.03. The van der Waals surface area contributed by atoms with Crippen molar-refractivity contribution in [3.05, 3.63) is 0 Å². The lowest BCUT2D eigenvalue weighted by atomic mass is 9.84. The van der Waals surface area contributed by atoms with Gasteiger partial charge in [-0.2, -0.15) is 0 Å². The quantitative estimate of drug-likeness (QED) is 0.615. The van der Waals surface area contributed by atoms with Crippen LogP contribution in [0.4, 0.5) is 0 Å². The molecule has 2 aliphatic heterocycles. The van der Waals surface area contributed by atoms with Crippen LogP contribution in [0.1, 0.15) is 20.3 Å². The minimum absolute atomic E-state index is 0.147. The Labute approximate surface area is 83.9 Å². The summed E-state index contributed by atoms with van der Waals surface area (Å²) in [7, 11) is 0. The molecule has 1 saturated heterocycles. The van der Waals surface area contributed by atoms with Crippen molar-refractivity contribution < 1.29 is 9.63 Å². The number of rotatable bonds is 2. The van der Waals surface area contributed by atoms with Gasteiger partial charge in [0.2, 0.25) is 6.41 Å². The summed E-state index contributed by atoms with van der Waals surface area (Å²) in [6.07, 6.45) is 1.92. The van der Waals surface area contributed by atoms with Crippen molar-refractivity contribution in [1.82, 2.24) is 4.90 Å². The molecule has 0 aromatic carbocycles. The summed E-state index contributed by atoms with van der Waals surface area (Å²) >= 11 is 0. The predicted molar refractivity (Wildman–Crippen MR) is 52.9 cm³/mol. The van der Waals surface area contributed by atoms with Crippen molar-refractivity contribution in [2.24, 2.45) is 17.0 Å². The first-order chi connectivity index (χ1) is 6.74. The molecule has 0 aromatic heterocycles. The van der Waals surface area contributed by atoms with E-state index in [2.05, 4.69) is 19.0 Å². The highest BCUT2D eigenvalue weighted by molar-refractivity contribution is 5.94. The van der Waals surface area contributed by atoms with Crippen LogP contribution in [0, 0.1) is 11.8 Å². The fraction of sp³-hybridized carbons (Fsp3) is 0.800. The Morgan fingerprint density at radius 1 is 1.64 bits per heavy atom. The van der Waals surface area contributed by atoms with Gasteiger partial charge in [-0.15, -0.1) is 0 Å². The molecule has 78 valence electrons. The zero-order chi connectivity index (χ0) is 10.1. The van der Waals surface area contributed by atoms with Crippen molar-refractivity contribution in [3.63, 3.8) is 0 Å². The largest absolute Gasteiger partial charge is 0.395 e. The van der Waals surface area contributed by atoms with Crippen LogP contribution in [-0.2, 0) is 9.63 Å². The molecule has 0 radical (unpaired) electrons. The fourth-order valence-corrected chi connectivity index (χ4v) is 2.35. The molecule has 1 fully saturated rings. The number of carbonyl (C=O) groups excluding carboxylic acids is 1. The average molecular weight is 196 g/mol. The second-order valence-electron chi connectivity index (χ2n) is 4.33. The Morgan fingerprint density at radius 2 is 2.43 bits per heavy atom. The van der Waals surface area contributed by atoms with E-state index in [-0.39, 0.29) is 6.04 Å². The minimum Gasteiger partial charge on any atom is -0.395 e. The third kappa shape index (κ3) is 1.38. The predicted octanol–water partition coefficient (Wildman–Crippen LogP) is 0.875. The molecule has 2 rings (SSSR count). The number of nitrogens with zero attached hydrogens (tertiary/aromatic N) is 2. The second kappa shape index (κ2) is 3.59. The van der Waals surface area contributed by atoms with Gasteiger partial charge in [0.25, 0.3) is 0 Å². The lowest BCUT2D eigenvalue weighted by Gasteiger charge is -2.37. The van der Waals surface area contributed by atoms with Crippen molar-refractivity contribution in [2.75, 3.05) is 13.2 Å². The third-order valence-electron chi connectivity index (χ3n) is 3.03. The number of fused-ring (bicyclic) bond motifs is 1. The molecule has 2 atom stereocenters. The Hall–Kier alpha value is -1.06. The van der Waals surface area contributed by atoms with E-state index in [9.17, 15) is 4.79 Å². The maximum atomic E-state index is 10.9. The fourth-order valence-electron chi connectivity index (χ4n) is 2.35. The number of likely N-dealkylation sites (tertiary alicyclic amines) is 1. The van der Waals surface area contributed by atoms with E-state index in [0.717, 1.165) is 25.1 Å². The molecular weight excluding hydrogens is 180 g/mol. The SMILES string of the molecule is CC(C)C1C2=NOCC2CCN1C=O. The molecule has 0 aromatic rings. The van der Waals surface area contributed by atoms with E-state index in [1.165, 1.54) is 0 Å². The van der Waals surface area contributed by atoms with Gasteiger partial charge in [0.05, 0.1) is 11.8 Å². The number of hydrogen-bond donors (Lipinski definition) is 0. The highest BCUT2D eigenvalue weighted by Gasteiger charge is 2.39. The number of oxime groups is 1. The van der Waals surface area contributed by atoms with Crippen LogP contribution in [0.2, 0.25) is 0 Å². The first kappa shape index (κ1) is 9.49. The lowest BCUT2D eigenvalue weighted by Crippen LogP contribution is -2.51. The molecule has 0 saturated carbocycles. The van der Waals surface area contributed by atoms with Crippen LogP contribution < -0.4 is 0 Å². The van der Waals surface area contributed by atoms with Gasteiger partial charge in [0.15, 0.2) is 0 Å². The number of carbonyl (C=O) groups is 1. The Balaban J connectivity index is 2.23. The van der Waals surface area contributed by atoms with Crippen molar-refractivity contribution in [3.8, 4) is 0 Å². The standard InChI is InChI=1S/C10H16N2O2/c1-7(2)10-9-8(5-14-11-9)3-4-12(10)6-13/h6-8,10H,3-5H2,1-2H3. The van der Waals surface area contributed by atoms with Gasteiger partial charge < -0.3 is 9.74 Å². The van der Waals surface area contributed by atoms with Crippen LogP contribution in [0.15, 0.2) is 5.16 Å². The van der Waals surface area contributed by atoms with Crippen LogP contribution in [0.25, 0.3) is 0 Å². The van der Waals surface area contributed by atoms with E-state index < -0.39 is 0 Å². The van der Waals surface area contributed by atoms with E-state index in [4.69, 9.17) is 4.84 Å². The highest BCUT2D eigenvalue weighted by Crippen LogP contribution is 2.28. The molecular formula is C10H16N2O2. The molecule has 0 N–H and O–H groups in total. The monoisotopic (exact) mass is 196 g/mol. The van der Waals surface area contributed by atoms with Gasteiger partial charge >= 0.3 is 0 Å². The summed E-state index contributed by atoms with van der Waals surface area (Å²) in [6, 6.07) is 0.147. The summed E-state index contributed by atoms with van der Waals surface area (Å²) in [5.74, 6) is 0.849. The van der Waals surface area contributed by atoms with Gasteiger partial charge in [0, 0.05) is 12.5 Å². The first-order valence-electron chi connectivity index (χ1n) is 5.15. The van der Waals surface area contributed by atoms with Gasteiger partial charge in [-0.3, -0.25) is 4.79 Å². The topological polar surface area (TPSA) is 41.9 Å². The van der Waals surface area contributed by atoms with Gasteiger partial charge in [-0.25, -0.2) is 0 Å². The minimum atomic E-state index is 0.147. The average Bonchev–Trinajstić information content (AvgIpc) is 2.62. The molecule has 2 aliphatic rings. The van der Waals surface area contributed by atoms with Gasteiger partial charge in [-0.05, 0) is 12.3 Å². The maximum absolute atomic E-state index is 10.9. The van der Waals surface area contributed by atoms with Crippen LogP contribution in [-0.4, -0.2) is 36.2 Å². The lowest BCUT2D eigenvalue weighted by molar-refractivity contribution is -0.120. The number of piperidine rings is 1. The van der Waals surface area contributed by atoms with Crippen molar-refractivity contribution in [2.45, 2.75) is 26.3 Å². The molecule has 0 spiro atoms. The maximum Gasteiger partial charge on any atom is 0.210 e. The molecule has 14 heavy (non-hydrogen) atoms. The van der Waals surface area contributed by atoms with E-state index in [1.807, 2.05) is 4.90 Å². The highest BCUT2D eigenvalue weighted by atomic mass is 16.6. The molecule has 2 unspecified atom stereocenters. The molecule has 0 bridgehead atoms. The van der Waals surface area contributed by atoms with Crippen LogP contribution in [0.5, 0.6) is 0 Å². The summed E-state index contributed by atoms with van der Waals surface area (Å²) in [4.78, 5) is 17.8. The summed E-state index contributed by atoms with van der Waals surface area (Å²) in [5, 5.41) is 4.07. The molecule has 1 amide bonds. The summed E-state index contributed by atoms with van der Waals surface area (Å²) < 4.78 is 0. The Morgan fingerprint density at radius 3 is 3.07 bits per heavy atom. The zero-order valence-corrected chi connectivity index (χ0v) is 8.64. The molecule has 0 aliphatic carbocycles. The van der Waals surface area contributed by atoms with Gasteiger partial charge in [-0.1, -0.05) is 19.0 Å². The summed E-state index contributed by atoms with van der Waals surface area (Å²) in [6.45, 7) is 5.76. The van der Waals surface area contributed by atoms with Crippen molar-refractivity contribution in [1.29, 1.82) is 0 Å². The smallest absolute Gasteiger partial charge is 0.210 e. The van der Waals surface area contributed by atoms with Gasteiger partial charge in [0.1, 0.15) is 6.61 Å².